The third kappa shape index (κ3) is 3.41. The molecule has 0 fully saturated rings. The molecule has 0 saturated carbocycles. The lowest BCUT2D eigenvalue weighted by molar-refractivity contribution is 0.628. The van der Waals surface area contributed by atoms with E-state index >= 15 is 0 Å². The first kappa shape index (κ1) is 18.3. The molecule has 28 heavy (non-hydrogen) atoms. The molecule has 1 N–H and O–H groups in total. The number of rotatable bonds is 3. The molecule has 0 spiro atoms. The number of aromatic nitrogens is 2. The number of aromatic amines is 1. The SMILES string of the molecule is CN=C1C=CC(c2cn[nH]c2-c2ccc(F)cc2)=C/C1=C(/C)c1cc(C)cs1. The van der Waals surface area contributed by atoms with Crippen LogP contribution in [0.4, 0.5) is 4.39 Å². The summed E-state index contributed by atoms with van der Waals surface area (Å²) in [6.45, 7) is 4.24. The first-order valence-corrected chi connectivity index (χ1v) is 9.88. The first-order chi connectivity index (χ1) is 13.6. The Morgan fingerprint density at radius 3 is 2.64 bits per heavy atom. The number of thiophene rings is 1. The quantitative estimate of drug-likeness (QED) is 0.579. The van der Waals surface area contributed by atoms with Gasteiger partial charge in [0.15, 0.2) is 0 Å². The smallest absolute Gasteiger partial charge is 0.123 e. The van der Waals surface area contributed by atoms with Gasteiger partial charge in [0.25, 0.3) is 0 Å². The number of nitrogens with one attached hydrogen (secondary N) is 1. The minimum atomic E-state index is -0.252. The molecule has 2 aromatic heterocycles. The van der Waals surface area contributed by atoms with Gasteiger partial charge in [-0.3, -0.25) is 10.1 Å². The van der Waals surface area contributed by atoms with Gasteiger partial charge in [0, 0.05) is 28.6 Å². The summed E-state index contributed by atoms with van der Waals surface area (Å²) in [4.78, 5) is 5.70. The average molecular weight is 389 g/mol. The molecule has 1 aliphatic rings. The zero-order chi connectivity index (χ0) is 19.7. The monoisotopic (exact) mass is 389 g/mol. The number of hydrogen-bond donors (Lipinski definition) is 1. The standard InChI is InChI=1S/C23H20FN3S/c1-14-10-22(28-13-14)15(2)19-11-17(6-9-21(19)25-3)20-12-26-27-23(20)16-4-7-18(24)8-5-16/h4-13H,1-3H3,(H,26,27)/b19-15+,25-21?. The van der Waals surface area contributed by atoms with E-state index in [1.54, 1.807) is 23.5 Å². The van der Waals surface area contributed by atoms with E-state index in [1.165, 1.54) is 28.1 Å². The van der Waals surface area contributed by atoms with Crippen LogP contribution < -0.4 is 0 Å². The van der Waals surface area contributed by atoms with Crippen molar-refractivity contribution in [2.45, 2.75) is 13.8 Å². The predicted molar refractivity (Wildman–Crippen MR) is 116 cm³/mol. The van der Waals surface area contributed by atoms with Crippen molar-refractivity contribution in [3.8, 4) is 11.3 Å². The fourth-order valence-corrected chi connectivity index (χ4v) is 4.22. The lowest BCUT2D eigenvalue weighted by atomic mass is 9.91. The van der Waals surface area contributed by atoms with Gasteiger partial charge in [-0.15, -0.1) is 11.3 Å². The largest absolute Gasteiger partial charge is 0.288 e. The van der Waals surface area contributed by atoms with E-state index in [1.807, 2.05) is 19.3 Å². The summed E-state index contributed by atoms with van der Waals surface area (Å²) in [7, 11) is 1.81. The number of H-pyrrole nitrogens is 1. The van der Waals surface area contributed by atoms with Gasteiger partial charge in [-0.2, -0.15) is 5.10 Å². The second-order valence-corrected chi connectivity index (χ2v) is 7.65. The molecule has 0 atom stereocenters. The fourth-order valence-electron chi connectivity index (χ4n) is 3.30. The Hall–Kier alpha value is -3.05. The second kappa shape index (κ2) is 7.52. The van der Waals surface area contributed by atoms with Crippen molar-refractivity contribution in [2.24, 2.45) is 4.99 Å². The minimum absolute atomic E-state index is 0.252. The van der Waals surface area contributed by atoms with E-state index in [0.29, 0.717) is 0 Å². The molecule has 0 bridgehead atoms. The minimum Gasteiger partial charge on any atom is -0.288 e. The lowest BCUT2D eigenvalue weighted by Crippen LogP contribution is -2.04. The number of aliphatic imine (C=N–C) groups is 1. The van der Waals surface area contributed by atoms with Gasteiger partial charge in [0.05, 0.1) is 17.6 Å². The van der Waals surface area contributed by atoms with Crippen LogP contribution in [0.25, 0.3) is 22.4 Å². The summed E-state index contributed by atoms with van der Waals surface area (Å²) in [5, 5.41) is 9.44. The van der Waals surface area contributed by atoms with E-state index in [-0.39, 0.29) is 5.82 Å². The van der Waals surface area contributed by atoms with Crippen molar-refractivity contribution >= 4 is 28.2 Å². The van der Waals surface area contributed by atoms with Gasteiger partial charge < -0.3 is 0 Å². The van der Waals surface area contributed by atoms with Gasteiger partial charge in [-0.25, -0.2) is 4.39 Å². The topological polar surface area (TPSA) is 41.0 Å². The molecule has 1 aromatic carbocycles. The molecule has 0 unspecified atom stereocenters. The Morgan fingerprint density at radius 1 is 1.18 bits per heavy atom. The van der Waals surface area contributed by atoms with Crippen LogP contribution in [0.2, 0.25) is 0 Å². The molecular formula is C23H20FN3S. The average Bonchev–Trinajstić information content (AvgIpc) is 3.37. The van der Waals surface area contributed by atoms with Crippen molar-refractivity contribution in [1.82, 2.24) is 10.2 Å². The number of hydrogen-bond acceptors (Lipinski definition) is 3. The van der Waals surface area contributed by atoms with Crippen LogP contribution in [0.1, 0.15) is 22.9 Å². The highest BCUT2D eigenvalue weighted by atomic mass is 32.1. The maximum absolute atomic E-state index is 13.3. The van der Waals surface area contributed by atoms with Crippen LogP contribution in [0.5, 0.6) is 0 Å². The van der Waals surface area contributed by atoms with Gasteiger partial charge in [-0.1, -0.05) is 6.08 Å². The Bertz CT molecular complexity index is 1140. The normalized spacial score (nSPS) is 17.1. The summed E-state index contributed by atoms with van der Waals surface area (Å²) < 4.78 is 13.3. The van der Waals surface area contributed by atoms with Gasteiger partial charge in [0.2, 0.25) is 0 Å². The zero-order valence-electron chi connectivity index (χ0n) is 16.0. The first-order valence-electron chi connectivity index (χ1n) is 9.00. The third-order valence-corrected chi connectivity index (χ3v) is 5.99. The zero-order valence-corrected chi connectivity index (χ0v) is 16.8. The molecule has 4 rings (SSSR count). The van der Waals surface area contributed by atoms with Crippen LogP contribution in [0.3, 0.4) is 0 Å². The van der Waals surface area contributed by atoms with Crippen LogP contribution >= 0.6 is 11.3 Å². The van der Waals surface area contributed by atoms with Crippen LogP contribution in [0, 0.1) is 12.7 Å². The summed E-state index contributed by atoms with van der Waals surface area (Å²) >= 11 is 1.74. The van der Waals surface area contributed by atoms with Crippen molar-refractivity contribution in [1.29, 1.82) is 0 Å². The molecule has 0 radical (unpaired) electrons. The summed E-state index contributed by atoms with van der Waals surface area (Å²) in [6, 6.07) is 8.64. The fraction of sp³-hybridized carbons (Fsp3) is 0.130. The maximum Gasteiger partial charge on any atom is 0.123 e. The number of nitrogens with zero attached hydrogens (tertiary/aromatic N) is 2. The van der Waals surface area contributed by atoms with Gasteiger partial charge >= 0.3 is 0 Å². The molecular weight excluding hydrogens is 369 g/mol. The van der Waals surface area contributed by atoms with Crippen molar-refractivity contribution < 1.29 is 4.39 Å². The number of halogens is 1. The molecule has 140 valence electrons. The highest BCUT2D eigenvalue weighted by molar-refractivity contribution is 7.11. The summed E-state index contributed by atoms with van der Waals surface area (Å²) in [5.41, 5.74) is 8.32. The second-order valence-electron chi connectivity index (χ2n) is 6.73. The van der Waals surface area contributed by atoms with E-state index in [9.17, 15) is 4.39 Å². The summed E-state index contributed by atoms with van der Waals surface area (Å²) in [5.74, 6) is -0.252. The number of benzene rings is 1. The molecule has 3 nitrogen and oxygen atoms in total. The van der Waals surface area contributed by atoms with Crippen LogP contribution in [-0.2, 0) is 0 Å². The van der Waals surface area contributed by atoms with Crippen molar-refractivity contribution in [3.63, 3.8) is 0 Å². The number of aryl methyl sites for hydroxylation is 1. The summed E-state index contributed by atoms with van der Waals surface area (Å²) in [6.07, 6.45) is 8.06. The molecule has 2 heterocycles. The maximum atomic E-state index is 13.3. The van der Waals surface area contributed by atoms with Crippen LogP contribution in [0.15, 0.2) is 70.7 Å². The molecule has 3 aromatic rings. The van der Waals surface area contributed by atoms with Crippen LogP contribution in [-0.4, -0.2) is 23.0 Å². The molecule has 5 heteroatoms. The molecule has 1 aliphatic carbocycles. The molecule has 0 saturated heterocycles. The van der Waals surface area contributed by atoms with Crippen molar-refractivity contribution in [2.75, 3.05) is 7.05 Å². The Labute approximate surface area is 167 Å². The van der Waals surface area contributed by atoms with Crippen molar-refractivity contribution in [3.05, 3.63) is 87.5 Å². The van der Waals surface area contributed by atoms with E-state index < -0.39 is 0 Å². The Balaban J connectivity index is 1.81. The molecule has 0 aliphatic heterocycles. The predicted octanol–water partition coefficient (Wildman–Crippen LogP) is 6.08. The Kier molecular flexibility index (Phi) is 4.92. The van der Waals surface area contributed by atoms with E-state index in [4.69, 9.17) is 0 Å². The van der Waals surface area contributed by atoms with Gasteiger partial charge in [-0.05, 0) is 78.4 Å². The lowest BCUT2D eigenvalue weighted by Gasteiger charge is -2.15. The highest BCUT2D eigenvalue weighted by Crippen LogP contribution is 2.34. The third-order valence-electron chi connectivity index (χ3n) is 4.82. The Morgan fingerprint density at radius 2 is 1.96 bits per heavy atom. The van der Waals surface area contributed by atoms with Gasteiger partial charge in [0.1, 0.15) is 5.82 Å². The van der Waals surface area contributed by atoms with E-state index in [2.05, 4.69) is 52.6 Å². The van der Waals surface area contributed by atoms with E-state index in [0.717, 1.165) is 33.7 Å². The highest BCUT2D eigenvalue weighted by Gasteiger charge is 2.17. The number of allylic oxidation sites excluding steroid dienone is 6. The molecule has 0 amide bonds.